The maximum absolute atomic E-state index is 12.3. The highest BCUT2D eigenvalue weighted by atomic mass is 16.1. The van der Waals surface area contributed by atoms with E-state index in [0.717, 1.165) is 30.8 Å². The van der Waals surface area contributed by atoms with Crippen LogP contribution in [-0.2, 0) is 25.9 Å². The Bertz CT molecular complexity index is 645. The number of nitrogens with one attached hydrogen (secondary N) is 1. The highest BCUT2D eigenvalue weighted by Gasteiger charge is 2.13. The molecule has 110 valence electrons. The first-order chi connectivity index (χ1) is 10.3. The quantitative estimate of drug-likeness (QED) is 0.938. The third kappa shape index (κ3) is 2.99. The van der Waals surface area contributed by atoms with Crippen LogP contribution in [0.15, 0.2) is 30.6 Å². The highest BCUT2D eigenvalue weighted by Crippen LogP contribution is 2.22. The van der Waals surface area contributed by atoms with Gasteiger partial charge in [0.2, 0.25) is 0 Å². The number of aromatic nitrogens is 2. The van der Waals surface area contributed by atoms with E-state index >= 15 is 0 Å². The lowest BCUT2D eigenvalue weighted by atomic mass is 9.90. The second-order valence-corrected chi connectivity index (χ2v) is 5.50. The molecule has 4 heteroatoms. The number of rotatable bonds is 4. The summed E-state index contributed by atoms with van der Waals surface area (Å²) >= 11 is 0. The summed E-state index contributed by atoms with van der Waals surface area (Å²) in [6, 6.07) is 6.10. The molecule has 1 heterocycles. The minimum Gasteiger partial charge on any atom is -0.345 e. The average molecular weight is 283 g/mol. The second kappa shape index (κ2) is 6.12. The summed E-state index contributed by atoms with van der Waals surface area (Å²) in [5.74, 6) is 0.873. The molecular weight excluding hydrogens is 262 g/mol. The van der Waals surface area contributed by atoms with Gasteiger partial charge in [-0.3, -0.25) is 4.79 Å². The molecule has 1 N–H and O–H groups in total. The third-order valence-corrected chi connectivity index (χ3v) is 4.16. The number of nitrogens with zero attached hydrogens (tertiary/aromatic N) is 2. The normalized spacial score (nSPS) is 13.8. The van der Waals surface area contributed by atoms with Crippen molar-refractivity contribution in [3.8, 4) is 0 Å². The van der Waals surface area contributed by atoms with Gasteiger partial charge in [-0.2, -0.15) is 0 Å². The van der Waals surface area contributed by atoms with Crippen molar-refractivity contribution in [2.24, 2.45) is 0 Å². The van der Waals surface area contributed by atoms with Crippen LogP contribution in [0, 0.1) is 0 Å². The predicted octanol–water partition coefficient (Wildman–Crippen LogP) is 2.71. The Kier molecular flexibility index (Phi) is 4.04. The molecule has 0 saturated carbocycles. The standard InChI is InChI=1S/C17H21N3O/c1-2-20-10-9-18-16(20)12-19-17(21)15-8-7-13-5-3-4-6-14(13)11-15/h7-11H,2-6,12H2,1H3,(H,19,21). The van der Waals surface area contributed by atoms with E-state index in [-0.39, 0.29) is 5.91 Å². The molecule has 0 fully saturated rings. The third-order valence-electron chi connectivity index (χ3n) is 4.16. The first-order valence-corrected chi connectivity index (χ1v) is 7.68. The molecule has 21 heavy (non-hydrogen) atoms. The number of benzene rings is 1. The Morgan fingerprint density at radius 2 is 2.10 bits per heavy atom. The number of carbonyl (C=O) groups excluding carboxylic acids is 1. The maximum Gasteiger partial charge on any atom is 0.251 e. The fourth-order valence-corrected chi connectivity index (χ4v) is 2.93. The monoisotopic (exact) mass is 283 g/mol. The van der Waals surface area contributed by atoms with Gasteiger partial charge in [0.15, 0.2) is 0 Å². The molecule has 1 amide bonds. The van der Waals surface area contributed by atoms with E-state index in [1.54, 1.807) is 6.20 Å². The van der Waals surface area contributed by atoms with Crippen LogP contribution < -0.4 is 5.32 Å². The molecule has 1 aromatic carbocycles. The zero-order valence-electron chi connectivity index (χ0n) is 12.4. The van der Waals surface area contributed by atoms with Gasteiger partial charge in [-0.15, -0.1) is 0 Å². The summed E-state index contributed by atoms with van der Waals surface area (Å²) in [7, 11) is 0. The molecule has 1 aromatic heterocycles. The van der Waals surface area contributed by atoms with E-state index in [0.29, 0.717) is 6.54 Å². The molecule has 0 aliphatic heterocycles. The number of hydrogen-bond donors (Lipinski definition) is 1. The summed E-state index contributed by atoms with van der Waals surface area (Å²) in [5, 5.41) is 2.96. The van der Waals surface area contributed by atoms with Crippen LogP contribution in [0.4, 0.5) is 0 Å². The van der Waals surface area contributed by atoms with Crippen molar-refractivity contribution in [2.75, 3.05) is 0 Å². The van der Waals surface area contributed by atoms with Crippen LogP contribution in [0.2, 0.25) is 0 Å². The minimum atomic E-state index is -0.0194. The summed E-state index contributed by atoms with van der Waals surface area (Å²) in [5.41, 5.74) is 3.49. The number of hydrogen-bond acceptors (Lipinski definition) is 2. The number of imidazole rings is 1. The molecule has 0 radical (unpaired) electrons. The Hall–Kier alpha value is -2.10. The predicted molar refractivity (Wildman–Crippen MR) is 82.2 cm³/mol. The Morgan fingerprint density at radius 3 is 2.90 bits per heavy atom. The Balaban J connectivity index is 1.68. The van der Waals surface area contributed by atoms with Crippen molar-refractivity contribution < 1.29 is 4.79 Å². The molecule has 4 nitrogen and oxygen atoms in total. The lowest BCUT2D eigenvalue weighted by Gasteiger charge is -2.16. The van der Waals surface area contributed by atoms with Crippen LogP contribution in [0.1, 0.15) is 47.1 Å². The van der Waals surface area contributed by atoms with E-state index in [1.807, 2.05) is 16.8 Å². The topological polar surface area (TPSA) is 46.9 Å². The van der Waals surface area contributed by atoms with Gasteiger partial charge in [-0.05, 0) is 55.9 Å². The molecule has 0 saturated heterocycles. The van der Waals surface area contributed by atoms with Gasteiger partial charge in [0.05, 0.1) is 6.54 Å². The van der Waals surface area contributed by atoms with Gasteiger partial charge in [-0.1, -0.05) is 6.07 Å². The summed E-state index contributed by atoms with van der Waals surface area (Å²) in [6.45, 7) is 3.40. The molecule has 1 aliphatic rings. The lowest BCUT2D eigenvalue weighted by molar-refractivity contribution is 0.0949. The SMILES string of the molecule is CCn1ccnc1CNC(=O)c1ccc2c(c1)CCCC2. The average Bonchev–Trinajstić information content (AvgIpc) is 2.99. The molecule has 2 aromatic rings. The van der Waals surface area contributed by atoms with Gasteiger partial charge in [0, 0.05) is 24.5 Å². The van der Waals surface area contributed by atoms with Crippen molar-refractivity contribution in [1.82, 2.24) is 14.9 Å². The van der Waals surface area contributed by atoms with E-state index < -0.39 is 0 Å². The van der Waals surface area contributed by atoms with E-state index in [2.05, 4.69) is 29.4 Å². The summed E-state index contributed by atoms with van der Waals surface area (Å²) in [6.07, 6.45) is 8.43. The fraction of sp³-hybridized carbons (Fsp3) is 0.412. The highest BCUT2D eigenvalue weighted by molar-refractivity contribution is 5.94. The smallest absolute Gasteiger partial charge is 0.251 e. The molecular formula is C17H21N3O. The van der Waals surface area contributed by atoms with E-state index in [1.165, 1.54) is 24.0 Å². The van der Waals surface area contributed by atoms with Crippen LogP contribution in [0.5, 0.6) is 0 Å². The summed E-state index contributed by atoms with van der Waals surface area (Å²) in [4.78, 5) is 16.5. The first kappa shape index (κ1) is 13.9. The van der Waals surface area contributed by atoms with Gasteiger partial charge in [0.1, 0.15) is 5.82 Å². The molecule has 0 spiro atoms. The van der Waals surface area contributed by atoms with Crippen molar-refractivity contribution in [1.29, 1.82) is 0 Å². The van der Waals surface area contributed by atoms with Gasteiger partial charge in [-0.25, -0.2) is 4.98 Å². The number of aryl methyl sites for hydroxylation is 3. The number of carbonyl (C=O) groups is 1. The second-order valence-electron chi connectivity index (χ2n) is 5.50. The minimum absolute atomic E-state index is 0.0194. The van der Waals surface area contributed by atoms with Gasteiger partial charge < -0.3 is 9.88 Å². The van der Waals surface area contributed by atoms with E-state index in [4.69, 9.17) is 0 Å². The van der Waals surface area contributed by atoms with Crippen molar-refractivity contribution in [3.63, 3.8) is 0 Å². The van der Waals surface area contributed by atoms with Crippen LogP contribution >= 0.6 is 0 Å². The van der Waals surface area contributed by atoms with Gasteiger partial charge >= 0.3 is 0 Å². The molecule has 0 unspecified atom stereocenters. The largest absolute Gasteiger partial charge is 0.345 e. The maximum atomic E-state index is 12.3. The van der Waals surface area contributed by atoms with Gasteiger partial charge in [0.25, 0.3) is 5.91 Å². The molecule has 1 aliphatic carbocycles. The summed E-state index contributed by atoms with van der Waals surface area (Å²) < 4.78 is 2.03. The van der Waals surface area contributed by atoms with Crippen molar-refractivity contribution in [2.45, 2.75) is 45.7 Å². The molecule has 0 atom stereocenters. The first-order valence-electron chi connectivity index (χ1n) is 7.68. The molecule has 0 bridgehead atoms. The van der Waals surface area contributed by atoms with Crippen LogP contribution in [0.3, 0.4) is 0 Å². The lowest BCUT2D eigenvalue weighted by Crippen LogP contribution is -2.25. The van der Waals surface area contributed by atoms with Crippen LogP contribution in [0.25, 0.3) is 0 Å². The fourth-order valence-electron chi connectivity index (χ4n) is 2.93. The zero-order chi connectivity index (χ0) is 14.7. The Labute approximate surface area is 125 Å². The number of amides is 1. The Morgan fingerprint density at radius 1 is 1.29 bits per heavy atom. The number of fused-ring (bicyclic) bond motifs is 1. The van der Waals surface area contributed by atoms with Crippen molar-refractivity contribution in [3.05, 3.63) is 53.1 Å². The van der Waals surface area contributed by atoms with Crippen LogP contribution in [-0.4, -0.2) is 15.5 Å². The molecule has 3 rings (SSSR count). The van der Waals surface area contributed by atoms with Crippen molar-refractivity contribution >= 4 is 5.91 Å². The zero-order valence-corrected chi connectivity index (χ0v) is 12.4. The van der Waals surface area contributed by atoms with E-state index in [9.17, 15) is 4.79 Å².